The van der Waals surface area contributed by atoms with Gasteiger partial charge in [-0.2, -0.15) is 5.10 Å². The number of carbonyl (C=O) groups excluding carboxylic acids is 1. The molecule has 1 N–H and O–H groups in total. The maximum absolute atomic E-state index is 11.8. The Morgan fingerprint density at radius 3 is 2.76 bits per heavy atom. The second kappa shape index (κ2) is 8.75. The number of amides is 1. The van der Waals surface area contributed by atoms with Gasteiger partial charge in [0.25, 0.3) is 5.91 Å². The fourth-order valence-electron chi connectivity index (χ4n) is 1.86. The summed E-state index contributed by atoms with van der Waals surface area (Å²) < 4.78 is 0.832. The van der Waals surface area contributed by atoms with Gasteiger partial charge in [0, 0.05) is 28.4 Å². The number of hydrogen-bond acceptors (Lipinski definition) is 6. The lowest BCUT2D eigenvalue weighted by molar-refractivity contribution is -0.118. The summed E-state index contributed by atoms with van der Waals surface area (Å²) >= 11 is 8.77. The minimum absolute atomic E-state index is 0.182. The standard InChI is InChI=1S/C17H13ClN4OS2/c18-14-3-1-13(2-4-14)15-10-24-17(21-15)25-11-16(23)22-20-9-12-5-7-19-8-6-12/h1-10H,11H2,(H,22,23)/b20-9+. The summed E-state index contributed by atoms with van der Waals surface area (Å²) in [5.41, 5.74) is 5.24. The molecule has 3 aromatic rings. The van der Waals surface area contributed by atoms with E-state index in [-0.39, 0.29) is 11.7 Å². The monoisotopic (exact) mass is 388 g/mol. The van der Waals surface area contributed by atoms with E-state index in [1.807, 2.05) is 29.6 Å². The van der Waals surface area contributed by atoms with Crippen LogP contribution in [0.1, 0.15) is 5.56 Å². The Balaban J connectivity index is 1.49. The number of carbonyl (C=O) groups is 1. The molecule has 25 heavy (non-hydrogen) atoms. The quantitative estimate of drug-likeness (QED) is 0.392. The van der Waals surface area contributed by atoms with Gasteiger partial charge in [-0.1, -0.05) is 35.5 Å². The zero-order valence-corrected chi connectivity index (χ0v) is 15.3. The largest absolute Gasteiger partial charge is 0.272 e. The van der Waals surface area contributed by atoms with Crippen LogP contribution in [-0.4, -0.2) is 27.8 Å². The summed E-state index contributed by atoms with van der Waals surface area (Å²) in [4.78, 5) is 20.3. The van der Waals surface area contributed by atoms with Crippen molar-refractivity contribution in [3.8, 4) is 11.3 Å². The average Bonchev–Trinajstić information content (AvgIpc) is 3.10. The summed E-state index contributed by atoms with van der Waals surface area (Å²) in [7, 11) is 0. The van der Waals surface area contributed by atoms with Gasteiger partial charge in [0.1, 0.15) is 0 Å². The van der Waals surface area contributed by atoms with Gasteiger partial charge >= 0.3 is 0 Å². The van der Waals surface area contributed by atoms with Gasteiger partial charge in [-0.3, -0.25) is 9.78 Å². The van der Waals surface area contributed by atoms with Crippen molar-refractivity contribution in [2.45, 2.75) is 4.34 Å². The van der Waals surface area contributed by atoms with Crippen molar-refractivity contribution in [2.75, 3.05) is 5.75 Å². The molecule has 0 spiro atoms. The van der Waals surface area contributed by atoms with Crippen molar-refractivity contribution < 1.29 is 4.79 Å². The Bertz CT molecular complexity index is 866. The molecule has 0 fully saturated rings. The number of rotatable bonds is 6. The van der Waals surface area contributed by atoms with E-state index < -0.39 is 0 Å². The van der Waals surface area contributed by atoms with Crippen LogP contribution in [-0.2, 0) is 4.79 Å². The number of nitrogens with zero attached hydrogens (tertiary/aromatic N) is 3. The molecule has 5 nitrogen and oxygen atoms in total. The van der Waals surface area contributed by atoms with Crippen LogP contribution in [0.25, 0.3) is 11.3 Å². The normalized spacial score (nSPS) is 10.9. The Morgan fingerprint density at radius 1 is 1.24 bits per heavy atom. The van der Waals surface area contributed by atoms with Crippen LogP contribution in [0.3, 0.4) is 0 Å². The molecular formula is C17H13ClN4OS2. The topological polar surface area (TPSA) is 67.2 Å². The fraction of sp³-hybridized carbons (Fsp3) is 0.0588. The van der Waals surface area contributed by atoms with Gasteiger partial charge in [-0.15, -0.1) is 11.3 Å². The van der Waals surface area contributed by atoms with Crippen LogP contribution >= 0.6 is 34.7 Å². The highest BCUT2D eigenvalue weighted by molar-refractivity contribution is 8.01. The van der Waals surface area contributed by atoms with Gasteiger partial charge in [0.2, 0.25) is 0 Å². The van der Waals surface area contributed by atoms with E-state index in [0.29, 0.717) is 5.02 Å². The summed E-state index contributed by atoms with van der Waals surface area (Å²) in [6.45, 7) is 0. The molecule has 2 aromatic heterocycles. The van der Waals surface area contributed by atoms with Gasteiger partial charge in [0.15, 0.2) is 4.34 Å². The van der Waals surface area contributed by atoms with Gasteiger partial charge in [-0.25, -0.2) is 10.4 Å². The van der Waals surface area contributed by atoms with E-state index in [4.69, 9.17) is 11.6 Å². The molecule has 0 bridgehead atoms. The smallest absolute Gasteiger partial charge is 0.250 e. The second-order valence-electron chi connectivity index (χ2n) is 4.87. The molecule has 0 saturated carbocycles. The van der Waals surface area contributed by atoms with Crippen LogP contribution in [0.4, 0.5) is 0 Å². The van der Waals surface area contributed by atoms with Crippen molar-refractivity contribution in [1.82, 2.24) is 15.4 Å². The third-order valence-electron chi connectivity index (χ3n) is 3.06. The molecule has 0 radical (unpaired) electrons. The van der Waals surface area contributed by atoms with Crippen molar-refractivity contribution in [3.63, 3.8) is 0 Å². The van der Waals surface area contributed by atoms with E-state index >= 15 is 0 Å². The van der Waals surface area contributed by atoms with E-state index in [0.717, 1.165) is 21.2 Å². The van der Waals surface area contributed by atoms with Crippen molar-refractivity contribution in [2.24, 2.45) is 5.10 Å². The summed E-state index contributed by atoms with van der Waals surface area (Å²) in [5, 5.41) is 6.58. The summed E-state index contributed by atoms with van der Waals surface area (Å²) in [5.74, 6) is 0.0693. The number of thiazole rings is 1. The molecule has 8 heteroatoms. The maximum atomic E-state index is 11.8. The van der Waals surface area contributed by atoms with E-state index in [2.05, 4.69) is 20.5 Å². The summed E-state index contributed by atoms with van der Waals surface area (Å²) in [6, 6.07) is 11.1. The van der Waals surface area contributed by atoms with Crippen LogP contribution < -0.4 is 5.43 Å². The average molecular weight is 389 g/mol. The number of nitrogens with one attached hydrogen (secondary N) is 1. The molecule has 3 rings (SSSR count). The maximum Gasteiger partial charge on any atom is 0.250 e. The third kappa shape index (κ3) is 5.38. The predicted molar refractivity (Wildman–Crippen MR) is 103 cm³/mol. The predicted octanol–water partition coefficient (Wildman–Crippen LogP) is 4.10. The fourth-order valence-corrected chi connectivity index (χ4v) is 3.62. The molecule has 1 aromatic carbocycles. The first kappa shape index (κ1) is 17.6. The Morgan fingerprint density at radius 2 is 2.00 bits per heavy atom. The van der Waals surface area contributed by atoms with Gasteiger partial charge < -0.3 is 0 Å². The van der Waals surface area contributed by atoms with Crippen molar-refractivity contribution in [3.05, 3.63) is 64.8 Å². The number of aromatic nitrogens is 2. The SMILES string of the molecule is O=C(CSc1nc(-c2ccc(Cl)cc2)cs1)N/N=C/c1ccncc1. The van der Waals surface area contributed by atoms with Crippen LogP contribution in [0.5, 0.6) is 0 Å². The number of hydrogen-bond donors (Lipinski definition) is 1. The zero-order chi connectivity index (χ0) is 17.5. The van der Waals surface area contributed by atoms with E-state index in [9.17, 15) is 4.79 Å². The number of halogens is 1. The second-order valence-corrected chi connectivity index (χ2v) is 7.38. The number of thioether (sulfide) groups is 1. The molecule has 0 aliphatic carbocycles. The van der Waals surface area contributed by atoms with Crippen LogP contribution in [0, 0.1) is 0 Å². The van der Waals surface area contributed by atoms with Crippen molar-refractivity contribution >= 4 is 46.8 Å². The molecule has 0 aliphatic heterocycles. The third-order valence-corrected chi connectivity index (χ3v) is 5.33. The zero-order valence-electron chi connectivity index (χ0n) is 12.9. The van der Waals surface area contributed by atoms with Gasteiger partial charge in [-0.05, 0) is 29.8 Å². The molecule has 1 amide bonds. The summed E-state index contributed by atoms with van der Waals surface area (Å²) in [6.07, 6.45) is 4.91. The van der Waals surface area contributed by atoms with E-state index in [1.165, 1.54) is 23.1 Å². The van der Waals surface area contributed by atoms with Crippen LogP contribution in [0.15, 0.2) is 63.6 Å². The highest BCUT2D eigenvalue weighted by Gasteiger charge is 2.07. The highest BCUT2D eigenvalue weighted by Crippen LogP contribution is 2.28. The molecule has 0 unspecified atom stereocenters. The first-order valence-electron chi connectivity index (χ1n) is 7.27. The Kier molecular flexibility index (Phi) is 6.16. The van der Waals surface area contributed by atoms with Crippen molar-refractivity contribution in [1.29, 1.82) is 0 Å². The molecule has 0 saturated heterocycles. The molecule has 2 heterocycles. The van der Waals surface area contributed by atoms with Gasteiger partial charge in [0.05, 0.1) is 17.7 Å². The highest BCUT2D eigenvalue weighted by atomic mass is 35.5. The Hall–Kier alpha value is -2.22. The van der Waals surface area contributed by atoms with E-state index in [1.54, 1.807) is 30.7 Å². The lowest BCUT2D eigenvalue weighted by atomic mass is 10.2. The number of hydrazone groups is 1. The first-order chi connectivity index (χ1) is 12.2. The Labute approximate surface area is 158 Å². The number of benzene rings is 1. The minimum Gasteiger partial charge on any atom is -0.272 e. The molecule has 126 valence electrons. The number of pyridine rings is 1. The lowest BCUT2D eigenvalue weighted by Crippen LogP contribution is -2.19. The molecule has 0 aliphatic rings. The molecule has 0 atom stereocenters. The first-order valence-corrected chi connectivity index (χ1v) is 9.51. The molecular weight excluding hydrogens is 376 g/mol. The van der Waals surface area contributed by atoms with Crippen LogP contribution in [0.2, 0.25) is 5.02 Å². The lowest BCUT2D eigenvalue weighted by Gasteiger charge is -1.98. The minimum atomic E-state index is -0.182.